The minimum Gasteiger partial charge on any atom is -0.394 e. The number of hydrogen-bond donors (Lipinski definition) is 2. The fourth-order valence-corrected chi connectivity index (χ4v) is 2.81. The number of aliphatic hydroxyl groups is 1. The number of fused-ring (bicyclic) bond motifs is 1. The van der Waals surface area contributed by atoms with Crippen LogP contribution in [0, 0.1) is 0 Å². The van der Waals surface area contributed by atoms with Crippen molar-refractivity contribution >= 4 is 5.78 Å². The number of morpholine rings is 1. The summed E-state index contributed by atoms with van der Waals surface area (Å²) in [4.78, 5) is 22.4. The number of H-pyrrole nitrogens is 1. The Morgan fingerprint density at radius 2 is 2.38 bits per heavy atom. The van der Waals surface area contributed by atoms with E-state index >= 15 is 0 Å². The van der Waals surface area contributed by atoms with Gasteiger partial charge in [0.25, 0.3) is 11.3 Å². The van der Waals surface area contributed by atoms with E-state index in [-0.39, 0.29) is 23.9 Å². The standard InChI is InChI=1S/C13H19N5O3/c1-13(2)7-17(5-10(6-19)21-13)4-9-3-11(20)18-12(16-9)14-8-15-18/h3,8,10,19H,4-7H2,1-2H3,(H,14,15,16). The summed E-state index contributed by atoms with van der Waals surface area (Å²) in [5.41, 5.74) is 0.150. The van der Waals surface area contributed by atoms with Crippen LogP contribution in [0.3, 0.4) is 0 Å². The molecular weight excluding hydrogens is 274 g/mol. The Balaban J connectivity index is 1.82. The van der Waals surface area contributed by atoms with Gasteiger partial charge >= 0.3 is 0 Å². The highest BCUT2D eigenvalue weighted by Gasteiger charge is 2.33. The molecule has 3 heterocycles. The van der Waals surface area contributed by atoms with E-state index in [9.17, 15) is 9.90 Å². The largest absolute Gasteiger partial charge is 0.394 e. The first-order chi connectivity index (χ1) is 9.97. The summed E-state index contributed by atoms with van der Waals surface area (Å²) in [6.45, 7) is 5.81. The minimum absolute atomic E-state index is 0.0194. The van der Waals surface area contributed by atoms with E-state index in [0.717, 1.165) is 0 Å². The maximum atomic E-state index is 11.9. The molecule has 1 saturated heterocycles. The van der Waals surface area contributed by atoms with E-state index in [0.29, 0.717) is 31.1 Å². The molecule has 0 amide bonds. The van der Waals surface area contributed by atoms with Crippen molar-refractivity contribution in [3.8, 4) is 0 Å². The Morgan fingerprint density at radius 1 is 1.57 bits per heavy atom. The van der Waals surface area contributed by atoms with Crippen molar-refractivity contribution in [2.45, 2.75) is 32.1 Å². The molecule has 2 aromatic rings. The Hall–Kier alpha value is -1.77. The van der Waals surface area contributed by atoms with E-state index in [1.54, 1.807) is 0 Å². The third-order valence-electron chi connectivity index (χ3n) is 3.46. The van der Waals surface area contributed by atoms with Gasteiger partial charge in [-0.1, -0.05) is 0 Å². The number of aliphatic hydroxyl groups excluding tert-OH is 1. The highest BCUT2D eigenvalue weighted by Crippen LogP contribution is 2.21. The van der Waals surface area contributed by atoms with Crippen LogP contribution in [-0.4, -0.2) is 61.0 Å². The Kier molecular flexibility index (Phi) is 3.52. The maximum Gasteiger partial charge on any atom is 0.274 e. The van der Waals surface area contributed by atoms with Crippen molar-refractivity contribution < 1.29 is 9.84 Å². The molecule has 114 valence electrons. The number of nitrogens with zero attached hydrogens (tertiary/aromatic N) is 4. The number of aromatic nitrogens is 4. The van der Waals surface area contributed by atoms with Gasteiger partial charge in [-0.05, 0) is 13.8 Å². The molecule has 0 aliphatic carbocycles. The molecular formula is C13H19N5O3. The zero-order chi connectivity index (χ0) is 15.0. The van der Waals surface area contributed by atoms with Gasteiger partial charge in [0.1, 0.15) is 6.33 Å². The Bertz CT molecular complexity index is 692. The van der Waals surface area contributed by atoms with E-state index in [1.165, 1.54) is 16.9 Å². The summed E-state index contributed by atoms with van der Waals surface area (Å²) in [5, 5.41) is 12.0. The van der Waals surface area contributed by atoms with Gasteiger partial charge in [0, 0.05) is 25.7 Å². The van der Waals surface area contributed by atoms with Crippen molar-refractivity contribution in [2.24, 2.45) is 0 Å². The normalized spacial score (nSPS) is 22.7. The average molecular weight is 293 g/mol. The molecule has 1 aliphatic heterocycles. The monoisotopic (exact) mass is 293 g/mol. The summed E-state index contributed by atoms with van der Waals surface area (Å²) in [6, 6.07) is 1.50. The van der Waals surface area contributed by atoms with Crippen LogP contribution in [0.15, 0.2) is 17.2 Å². The van der Waals surface area contributed by atoms with Crippen LogP contribution in [0.5, 0.6) is 0 Å². The first-order valence-corrected chi connectivity index (χ1v) is 6.90. The van der Waals surface area contributed by atoms with Crippen LogP contribution in [-0.2, 0) is 11.3 Å². The second-order valence-corrected chi connectivity index (χ2v) is 5.96. The lowest BCUT2D eigenvalue weighted by molar-refractivity contribution is -0.150. The maximum absolute atomic E-state index is 11.9. The molecule has 0 spiro atoms. The molecule has 3 rings (SSSR count). The van der Waals surface area contributed by atoms with Gasteiger partial charge in [0.2, 0.25) is 0 Å². The van der Waals surface area contributed by atoms with E-state index in [1.807, 2.05) is 13.8 Å². The Labute approximate surface area is 121 Å². The molecule has 1 fully saturated rings. The van der Waals surface area contributed by atoms with Crippen LogP contribution in [0.1, 0.15) is 19.5 Å². The number of ether oxygens (including phenoxy) is 1. The van der Waals surface area contributed by atoms with E-state index < -0.39 is 0 Å². The smallest absolute Gasteiger partial charge is 0.274 e. The SMILES string of the molecule is CC1(C)CN(Cc2cc(=O)n3[nH]cnc3n2)CC(CO)O1. The average Bonchev–Trinajstić information content (AvgIpc) is 2.85. The summed E-state index contributed by atoms with van der Waals surface area (Å²) in [7, 11) is 0. The van der Waals surface area contributed by atoms with Crippen molar-refractivity contribution in [3.05, 3.63) is 28.4 Å². The molecule has 2 N–H and O–H groups in total. The first kappa shape index (κ1) is 14.2. The van der Waals surface area contributed by atoms with Crippen LogP contribution in [0.2, 0.25) is 0 Å². The second kappa shape index (κ2) is 5.21. The van der Waals surface area contributed by atoms with Crippen molar-refractivity contribution in [2.75, 3.05) is 19.7 Å². The second-order valence-electron chi connectivity index (χ2n) is 5.96. The van der Waals surface area contributed by atoms with Gasteiger partial charge in [-0.3, -0.25) is 14.8 Å². The summed E-state index contributed by atoms with van der Waals surface area (Å²) in [5.74, 6) is 0.365. The lowest BCUT2D eigenvalue weighted by Crippen LogP contribution is -2.53. The molecule has 8 heteroatoms. The molecule has 1 atom stereocenters. The van der Waals surface area contributed by atoms with Crippen LogP contribution < -0.4 is 5.56 Å². The number of nitrogens with one attached hydrogen (secondary N) is 1. The zero-order valence-electron chi connectivity index (χ0n) is 12.1. The fraction of sp³-hybridized carbons (Fsp3) is 0.615. The predicted molar refractivity (Wildman–Crippen MR) is 74.9 cm³/mol. The quantitative estimate of drug-likeness (QED) is 0.784. The van der Waals surface area contributed by atoms with Gasteiger partial charge < -0.3 is 9.84 Å². The molecule has 8 nitrogen and oxygen atoms in total. The minimum atomic E-state index is -0.336. The van der Waals surface area contributed by atoms with Gasteiger partial charge in [0.05, 0.1) is 24.0 Å². The van der Waals surface area contributed by atoms with Crippen LogP contribution in [0.4, 0.5) is 0 Å². The summed E-state index contributed by atoms with van der Waals surface area (Å²) < 4.78 is 7.07. The molecule has 21 heavy (non-hydrogen) atoms. The fourth-order valence-electron chi connectivity index (χ4n) is 2.81. The molecule has 0 bridgehead atoms. The van der Waals surface area contributed by atoms with Gasteiger partial charge in [-0.15, -0.1) is 0 Å². The topological polar surface area (TPSA) is 95.8 Å². The van der Waals surface area contributed by atoms with Crippen molar-refractivity contribution in [3.63, 3.8) is 0 Å². The zero-order valence-corrected chi connectivity index (χ0v) is 12.1. The molecule has 1 aliphatic rings. The van der Waals surface area contributed by atoms with E-state index in [2.05, 4.69) is 20.0 Å². The lowest BCUT2D eigenvalue weighted by Gasteiger charge is -2.42. The number of hydrogen-bond acceptors (Lipinski definition) is 6. The van der Waals surface area contributed by atoms with Crippen LogP contribution in [0.25, 0.3) is 5.78 Å². The van der Waals surface area contributed by atoms with Crippen molar-refractivity contribution in [1.82, 2.24) is 24.5 Å². The highest BCUT2D eigenvalue weighted by molar-refractivity contribution is 5.26. The number of aromatic amines is 1. The van der Waals surface area contributed by atoms with Crippen LogP contribution >= 0.6 is 0 Å². The summed E-state index contributed by atoms with van der Waals surface area (Å²) in [6.07, 6.45) is 1.22. The lowest BCUT2D eigenvalue weighted by atomic mass is 10.1. The molecule has 0 radical (unpaired) electrons. The van der Waals surface area contributed by atoms with Gasteiger partial charge in [-0.2, -0.15) is 4.52 Å². The third kappa shape index (κ3) is 2.97. The molecule has 0 aromatic carbocycles. The highest BCUT2D eigenvalue weighted by atomic mass is 16.5. The Morgan fingerprint density at radius 3 is 3.14 bits per heavy atom. The van der Waals surface area contributed by atoms with Gasteiger partial charge in [-0.25, -0.2) is 9.97 Å². The van der Waals surface area contributed by atoms with Crippen molar-refractivity contribution in [1.29, 1.82) is 0 Å². The van der Waals surface area contributed by atoms with E-state index in [4.69, 9.17) is 4.74 Å². The summed E-state index contributed by atoms with van der Waals surface area (Å²) >= 11 is 0. The predicted octanol–water partition coefficient (Wildman–Crippen LogP) is -0.611. The molecule has 0 saturated carbocycles. The number of rotatable bonds is 3. The first-order valence-electron chi connectivity index (χ1n) is 6.90. The third-order valence-corrected chi connectivity index (χ3v) is 3.46. The molecule has 2 aromatic heterocycles. The van der Waals surface area contributed by atoms with Gasteiger partial charge in [0.15, 0.2) is 0 Å². The molecule has 1 unspecified atom stereocenters.